The number of aryl methyl sites for hydroxylation is 1. The minimum atomic E-state index is -0.939. The molecule has 0 aliphatic heterocycles. The molecule has 0 heterocycles. The van der Waals surface area contributed by atoms with Gasteiger partial charge in [0, 0.05) is 11.8 Å². The molecular weight excluding hydrogens is 316 g/mol. The minimum absolute atomic E-state index is 0.443. The summed E-state index contributed by atoms with van der Waals surface area (Å²) in [4.78, 5) is 23.8. The van der Waals surface area contributed by atoms with Crippen molar-refractivity contribution in [1.82, 2.24) is 0 Å². The summed E-state index contributed by atoms with van der Waals surface area (Å²) < 4.78 is 5.08. The fraction of sp³-hybridized carbons (Fsp3) is 0.150. The molecule has 5 nitrogen and oxygen atoms in total. The van der Waals surface area contributed by atoms with Crippen molar-refractivity contribution in [1.29, 1.82) is 5.26 Å². The largest absolute Gasteiger partial charge is 0.449 e. The van der Waals surface area contributed by atoms with Gasteiger partial charge in [-0.2, -0.15) is 5.26 Å². The molecule has 0 aromatic heterocycles. The predicted molar refractivity (Wildman–Crippen MR) is 95.6 cm³/mol. The number of carbonyl (C=O) groups is 2. The molecule has 25 heavy (non-hydrogen) atoms. The van der Waals surface area contributed by atoms with Crippen LogP contribution in [0.2, 0.25) is 0 Å². The number of amides is 1. The Morgan fingerprint density at radius 1 is 1.12 bits per heavy atom. The summed E-state index contributed by atoms with van der Waals surface area (Å²) in [5.74, 6) is -1.04. The van der Waals surface area contributed by atoms with Crippen molar-refractivity contribution >= 4 is 23.6 Å². The Morgan fingerprint density at radius 2 is 1.76 bits per heavy atom. The number of rotatable bonds is 5. The molecule has 0 spiro atoms. The second kappa shape index (κ2) is 8.46. The van der Waals surface area contributed by atoms with Gasteiger partial charge in [-0.3, -0.25) is 4.79 Å². The Bertz CT molecular complexity index is 816. The van der Waals surface area contributed by atoms with E-state index < -0.39 is 18.0 Å². The highest BCUT2D eigenvalue weighted by molar-refractivity contribution is 5.96. The fourth-order valence-electron chi connectivity index (χ4n) is 1.98. The zero-order valence-electron chi connectivity index (χ0n) is 14.0. The highest BCUT2D eigenvalue weighted by atomic mass is 16.5. The highest BCUT2D eigenvalue weighted by Crippen LogP contribution is 2.10. The normalized spacial score (nSPS) is 11.6. The van der Waals surface area contributed by atoms with Crippen molar-refractivity contribution in [2.45, 2.75) is 20.0 Å². The number of carbonyl (C=O) groups excluding carboxylic acids is 2. The maximum atomic E-state index is 12.0. The van der Waals surface area contributed by atoms with Gasteiger partial charge in [-0.05, 0) is 49.8 Å². The SMILES string of the molecule is Cc1ccc(/C=C/C(=O)OC(C)C(=O)Nc2ccc(C#N)cc2)cc1. The summed E-state index contributed by atoms with van der Waals surface area (Å²) in [7, 11) is 0. The van der Waals surface area contributed by atoms with E-state index in [-0.39, 0.29) is 0 Å². The molecule has 2 aromatic carbocycles. The number of ether oxygens (including phenoxy) is 1. The van der Waals surface area contributed by atoms with E-state index in [2.05, 4.69) is 5.32 Å². The van der Waals surface area contributed by atoms with Gasteiger partial charge < -0.3 is 10.1 Å². The van der Waals surface area contributed by atoms with E-state index in [4.69, 9.17) is 10.00 Å². The van der Waals surface area contributed by atoms with E-state index >= 15 is 0 Å². The first-order valence-electron chi connectivity index (χ1n) is 7.74. The quantitative estimate of drug-likeness (QED) is 0.671. The predicted octanol–water partition coefficient (Wildman–Crippen LogP) is 3.45. The van der Waals surface area contributed by atoms with E-state index in [0.717, 1.165) is 11.1 Å². The molecule has 0 fully saturated rings. The van der Waals surface area contributed by atoms with Crippen LogP contribution in [0.5, 0.6) is 0 Å². The van der Waals surface area contributed by atoms with Crippen LogP contribution in [0.4, 0.5) is 5.69 Å². The van der Waals surface area contributed by atoms with Crippen molar-refractivity contribution in [2.24, 2.45) is 0 Å². The number of anilines is 1. The fourth-order valence-corrected chi connectivity index (χ4v) is 1.98. The average Bonchev–Trinajstić information content (AvgIpc) is 2.61. The van der Waals surface area contributed by atoms with Crippen LogP contribution in [-0.4, -0.2) is 18.0 Å². The van der Waals surface area contributed by atoms with E-state index in [1.54, 1.807) is 30.3 Å². The number of benzene rings is 2. The third-order valence-electron chi connectivity index (χ3n) is 3.43. The van der Waals surface area contributed by atoms with Crippen LogP contribution in [0.3, 0.4) is 0 Å². The van der Waals surface area contributed by atoms with Crippen LogP contribution in [0, 0.1) is 18.3 Å². The van der Waals surface area contributed by atoms with Gasteiger partial charge in [0.05, 0.1) is 11.6 Å². The van der Waals surface area contributed by atoms with Crippen LogP contribution in [0.1, 0.15) is 23.6 Å². The molecule has 1 amide bonds. The molecule has 0 saturated heterocycles. The molecule has 2 rings (SSSR count). The number of nitrogens with one attached hydrogen (secondary N) is 1. The smallest absolute Gasteiger partial charge is 0.331 e. The third kappa shape index (κ3) is 5.63. The molecule has 5 heteroatoms. The van der Waals surface area contributed by atoms with Gasteiger partial charge in [-0.25, -0.2) is 4.79 Å². The molecule has 126 valence electrons. The van der Waals surface area contributed by atoms with Crippen molar-refractivity contribution in [3.05, 3.63) is 71.3 Å². The number of nitriles is 1. The molecule has 0 aliphatic carbocycles. The highest BCUT2D eigenvalue weighted by Gasteiger charge is 2.16. The van der Waals surface area contributed by atoms with Crippen LogP contribution in [0.15, 0.2) is 54.6 Å². The molecule has 0 saturated carbocycles. The summed E-state index contributed by atoms with van der Waals surface area (Å²) in [6, 6.07) is 16.1. The average molecular weight is 334 g/mol. The van der Waals surface area contributed by atoms with Gasteiger partial charge in [-0.1, -0.05) is 29.8 Å². The Hall–Kier alpha value is -3.39. The second-order valence-electron chi connectivity index (χ2n) is 5.50. The lowest BCUT2D eigenvalue weighted by Gasteiger charge is -2.12. The van der Waals surface area contributed by atoms with Crippen LogP contribution in [-0.2, 0) is 14.3 Å². The van der Waals surface area contributed by atoms with Crippen LogP contribution >= 0.6 is 0 Å². The maximum Gasteiger partial charge on any atom is 0.331 e. The Kier molecular flexibility index (Phi) is 6.08. The molecule has 1 N–H and O–H groups in total. The first kappa shape index (κ1) is 18.0. The Labute approximate surface area is 146 Å². The van der Waals surface area contributed by atoms with Crippen molar-refractivity contribution in [3.8, 4) is 6.07 Å². The Morgan fingerprint density at radius 3 is 2.36 bits per heavy atom. The molecule has 0 bridgehead atoms. The van der Waals surface area contributed by atoms with Crippen molar-refractivity contribution in [3.63, 3.8) is 0 Å². The summed E-state index contributed by atoms with van der Waals surface area (Å²) in [6.07, 6.45) is 1.98. The molecule has 1 unspecified atom stereocenters. The van der Waals surface area contributed by atoms with E-state index in [0.29, 0.717) is 11.3 Å². The summed E-state index contributed by atoms with van der Waals surface area (Å²) in [5, 5.41) is 11.4. The third-order valence-corrected chi connectivity index (χ3v) is 3.43. The lowest BCUT2D eigenvalue weighted by molar-refractivity contribution is -0.148. The first-order chi connectivity index (χ1) is 12.0. The van der Waals surface area contributed by atoms with Gasteiger partial charge in [-0.15, -0.1) is 0 Å². The molecular formula is C20H18N2O3. The number of nitrogens with zero attached hydrogens (tertiary/aromatic N) is 1. The van der Waals surface area contributed by atoms with E-state index in [1.165, 1.54) is 13.0 Å². The summed E-state index contributed by atoms with van der Waals surface area (Å²) in [5.41, 5.74) is 3.03. The maximum absolute atomic E-state index is 12.0. The zero-order valence-corrected chi connectivity index (χ0v) is 14.0. The zero-order chi connectivity index (χ0) is 18.2. The van der Waals surface area contributed by atoms with Crippen LogP contribution < -0.4 is 5.32 Å². The number of esters is 1. The summed E-state index contributed by atoms with van der Waals surface area (Å²) >= 11 is 0. The van der Waals surface area contributed by atoms with Crippen LogP contribution in [0.25, 0.3) is 6.08 Å². The van der Waals surface area contributed by atoms with Gasteiger partial charge >= 0.3 is 5.97 Å². The summed E-state index contributed by atoms with van der Waals surface area (Å²) in [6.45, 7) is 3.48. The second-order valence-corrected chi connectivity index (χ2v) is 5.50. The standard InChI is InChI=1S/C20H18N2O3/c1-14-3-5-16(6-4-14)9-12-19(23)25-15(2)20(24)22-18-10-7-17(13-21)8-11-18/h3-12,15H,1-2H3,(H,22,24)/b12-9+. The van der Waals surface area contributed by atoms with Crippen molar-refractivity contribution < 1.29 is 14.3 Å². The number of hydrogen-bond acceptors (Lipinski definition) is 4. The van der Waals surface area contributed by atoms with Gasteiger partial charge in [0.25, 0.3) is 5.91 Å². The van der Waals surface area contributed by atoms with E-state index in [1.807, 2.05) is 37.3 Å². The minimum Gasteiger partial charge on any atom is -0.449 e. The van der Waals surface area contributed by atoms with Gasteiger partial charge in [0.15, 0.2) is 6.10 Å². The lowest BCUT2D eigenvalue weighted by Crippen LogP contribution is -2.29. The van der Waals surface area contributed by atoms with Crippen molar-refractivity contribution in [2.75, 3.05) is 5.32 Å². The van der Waals surface area contributed by atoms with Gasteiger partial charge in [0.1, 0.15) is 0 Å². The number of hydrogen-bond donors (Lipinski definition) is 1. The lowest BCUT2D eigenvalue weighted by atomic mass is 10.1. The Balaban J connectivity index is 1.87. The monoisotopic (exact) mass is 334 g/mol. The van der Waals surface area contributed by atoms with E-state index in [9.17, 15) is 9.59 Å². The molecule has 0 radical (unpaired) electrons. The molecule has 1 atom stereocenters. The molecule has 2 aromatic rings. The topological polar surface area (TPSA) is 79.2 Å². The molecule has 0 aliphatic rings. The first-order valence-corrected chi connectivity index (χ1v) is 7.74. The van der Waals surface area contributed by atoms with Gasteiger partial charge in [0.2, 0.25) is 0 Å².